The summed E-state index contributed by atoms with van der Waals surface area (Å²) in [6.45, 7) is 0.649. The maximum Gasteiger partial charge on any atom is 0.241 e. The summed E-state index contributed by atoms with van der Waals surface area (Å²) in [6, 6.07) is 7.44. The Hall–Kier alpha value is -1.31. The number of ether oxygens (including phenoxy) is 1. The molecule has 0 fully saturated rings. The average Bonchev–Trinajstić information content (AvgIpc) is 2.46. The SMILES string of the molecule is CN(CCOc1ccc(Br)cc1)C(=O)CNC(=O)CN.Cl. The van der Waals surface area contributed by atoms with Gasteiger partial charge < -0.3 is 20.7 Å². The smallest absolute Gasteiger partial charge is 0.241 e. The van der Waals surface area contributed by atoms with Gasteiger partial charge in [0.25, 0.3) is 0 Å². The molecule has 3 N–H and O–H groups in total. The maximum absolute atomic E-state index is 11.7. The second-order valence-electron chi connectivity index (χ2n) is 4.10. The molecule has 0 saturated carbocycles. The van der Waals surface area contributed by atoms with Gasteiger partial charge in [0.1, 0.15) is 12.4 Å². The molecule has 0 unspecified atom stereocenters. The highest BCUT2D eigenvalue weighted by molar-refractivity contribution is 9.10. The number of benzene rings is 1. The predicted octanol–water partition coefficient (Wildman–Crippen LogP) is 0.783. The number of nitrogens with one attached hydrogen (secondary N) is 1. The Morgan fingerprint density at radius 3 is 2.52 bits per heavy atom. The quantitative estimate of drug-likeness (QED) is 0.732. The number of carbonyl (C=O) groups excluding carboxylic acids is 2. The van der Waals surface area contributed by atoms with Gasteiger partial charge >= 0.3 is 0 Å². The Morgan fingerprint density at radius 1 is 1.33 bits per heavy atom. The Bertz CT molecular complexity index is 456. The molecule has 1 aromatic rings. The van der Waals surface area contributed by atoms with Gasteiger partial charge in [-0.1, -0.05) is 15.9 Å². The molecule has 2 amide bonds. The van der Waals surface area contributed by atoms with Gasteiger partial charge in [-0.15, -0.1) is 12.4 Å². The van der Waals surface area contributed by atoms with Gasteiger partial charge in [0, 0.05) is 11.5 Å². The number of hydrogen-bond donors (Lipinski definition) is 2. The molecule has 1 aromatic carbocycles. The van der Waals surface area contributed by atoms with Gasteiger partial charge in [-0.05, 0) is 24.3 Å². The third-order valence-electron chi connectivity index (χ3n) is 2.56. The summed E-state index contributed by atoms with van der Waals surface area (Å²) < 4.78 is 6.49. The molecule has 0 atom stereocenters. The van der Waals surface area contributed by atoms with E-state index in [0.717, 1.165) is 10.2 Å². The molecule has 0 radical (unpaired) electrons. The average molecular weight is 381 g/mol. The summed E-state index contributed by atoms with van der Waals surface area (Å²) in [5.41, 5.74) is 5.13. The van der Waals surface area contributed by atoms with E-state index in [0.29, 0.717) is 13.2 Å². The van der Waals surface area contributed by atoms with Crippen LogP contribution in [0.3, 0.4) is 0 Å². The van der Waals surface area contributed by atoms with Gasteiger partial charge in [-0.3, -0.25) is 9.59 Å². The molecule has 0 aromatic heterocycles. The molecule has 1 rings (SSSR count). The van der Waals surface area contributed by atoms with Crippen molar-refractivity contribution in [3.63, 3.8) is 0 Å². The summed E-state index contributed by atoms with van der Waals surface area (Å²) >= 11 is 3.34. The lowest BCUT2D eigenvalue weighted by Crippen LogP contribution is -2.41. The van der Waals surface area contributed by atoms with Crippen LogP contribution in [0.15, 0.2) is 28.7 Å². The van der Waals surface area contributed by atoms with E-state index in [2.05, 4.69) is 21.2 Å². The summed E-state index contributed by atoms with van der Waals surface area (Å²) in [7, 11) is 1.65. The van der Waals surface area contributed by atoms with Gasteiger partial charge in [0.2, 0.25) is 11.8 Å². The minimum Gasteiger partial charge on any atom is -0.492 e. The fourth-order valence-electron chi connectivity index (χ4n) is 1.34. The molecular weight excluding hydrogens is 362 g/mol. The first-order chi connectivity index (χ1) is 9.52. The summed E-state index contributed by atoms with van der Waals surface area (Å²) in [5.74, 6) is 0.203. The van der Waals surface area contributed by atoms with E-state index in [1.165, 1.54) is 4.90 Å². The first kappa shape index (κ1) is 19.7. The van der Waals surface area contributed by atoms with Gasteiger partial charge in [0.05, 0.1) is 19.6 Å². The van der Waals surface area contributed by atoms with Crippen LogP contribution in [0.25, 0.3) is 0 Å². The molecule has 0 bridgehead atoms. The van der Waals surface area contributed by atoms with E-state index in [1.54, 1.807) is 7.05 Å². The lowest BCUT2D eigenvalue weighted by molar-refractivity contribution is -0.131. The molecule has 0 aliphatic heterocycles. The number of likely N-dealkylation sites (N-methyl/N-ethyl adjacent to an activating group) is 1. The van der Waals surface area contributed by atoms with Crippen molar-refractivity contribution >= 4 is 40.2 Å². The highest BCUT2D eigenvalue weighted by Gasteiger charge is 2.09. The van der Waals surface area contributed by atoms with Crippen molar-refractivity contribution in [2.75, 3.05) is 33.3 Å². The number of amides is 2. The Kier molecular flexibility index (Phi) is 9.77. The van der Waals surface area contributed by atoms with Crippen molar-refractivity contribution in [3.05, 3.63) is 28.7 Å². The van der Waals surface area contributed by atoms with Crippen molar-refractivity contribution in [2.24, 2.45) is 5.73 Å². The van der Waals surface area contributed by atoms with Crippen LogP contribution in [0.1, 0.15) is 0 Å². The second kappa shape index (κ2) is 10.4. The third kappa shape index (κ3) is 7.89. The molecule has 0 heterocycles. The van der Waals surface area contributed by atoms with E-state index in [4.69, 9.17) is 10.5 Å². The first-order valence-corrected chi connectivity index (χ1v) is 6.91. The monoisotopic (exact) mass is 379 g/mol. The lowest BCUT2D eigenvalue weighted by atomic mass is 10.3. The van der Waals surface area contributed by atoms with Gasteiger partial charge in [0.15, 0.2) is 0 Å². The first-order valence-electron chi connectivity index (χ1n) is 6.12. The van der Waals surface area contributed by atoms with Gasteiger partial charge in [-0.25, -0.2) is 0 Å². The molecule has 6 nitrogen and oxygen atoms in total. The van der Waals surface area contributed by atoms with Gasteiger partial charge in [-0.2, -0.15) is 0 Å². The molecular formula is C13H19BrClN3O3. The number of nitrogens with two attached hydrogens (primary N) is 1. The van der Waals surface area contributed by atoms with E-state index in [-0.39, 0.29) is 37.3 Å². The Labute approximate surface area is 138 Å². The predicted molar refractivity (Wildman–Crippen MR) is 86.6 cm³/mol. The minimum atomic E-state index is -0.349. The van der Waals surface area contributed by atoms with Crippen LogP contribution < -0.4 is 15.8 Å². The van der Waals surface area contributed by atoms with Crippen molar-refractivity contribution in [2.45, 2.75) is 0 Å². The topological polar surface area (TPSA) is 84.7 Å². The molecule has 0 aliphatic rings. The number of carbonyl (C=O) groups is 2. The maximum atomic E-state index is 11.7. The highest BCUT2D eigenvalue weighted by Crippen LogP contribution is 2.15. The zero-order chi connectivity index (χ0) is 15.0. The second-order valence-corrected chi connectivity index (χ2v) is 5.01. The molecule has 21 heavy (non-hydrogen) atoms. The van der Waals surface area contributed by atoms with Crippen LogP contribution in [0.4, 0.5) is 0 Å². The zero-order valence-electron chi connectivity index (χ0n) is 11.7. The van der Waals surface area contributed by atoms with Crippen molar-refractivity contribution < 1.29 is 14.3 Å². The zero-order valence-corrected chi connectivity index (χ0v) is 14.1. The number of rotatable bonds is 7. The van der Waals surface area contributed by atoms with Crippen molar-refractivity contribution in [1.82, 2.24) is 10.2 Å². The fourth-order valence-corrected chi connectivity index (χ4v) is 1.60. The number of hydrogen-bond acceptors (Lipinski definition) is 4. The number of halogens is 2. The van der Waals surface area contributed by atoms with Crippen LogP contribution in [-0.4, -0.2) is 50.0 Å². The van der Waals surface area contributed by atoms with Crippen LogP contribution in [0, 0.1) is 0 Å². The summed E-state index contributed by atoms with van der Waals surface area (Å²) in [6.07, 6.45) is 0. The Balaban J connectivity index is 0.00000400. The molecule has 8 heteroatoms. The summed E-state index contributed by atoms with van der Waals surface area (Å²) in [5, 5.41) is 2.43. The van der Waals surface area contributed by atoms with Crippen LogP contribution in [0.2, 0.25) is 0 Å². The minimum absolute atomic E-state index is 0. The standard InChI is InChI=1S/C13H18BrN3O3.ClH/c1-17(13(19)9-16-12(18)8-15)6-7-20-11-4-2-10(14)3-5-11;/h2-5H,6-9,15H2,1H3,(H,16,18);1H. The van der Waals surface area contributed by atoms with E-state index in [1.807, 2.05) is 24.3 Å². The van der Waals surface area contributed by atoms with Crippen LogP contribution in [0.5, 0.6) is 5.75 Å². The molecule has 0 saturated heterocycles. The van der Waals surface area contributed by atoms with E-state index < -0.39 is 0 Å². The van der Waals surface area contributed by atoms with E-state index in [9.17, 15) is 9.59 Å². The largest absolute Gasteiger partial charge is 0.492 e. The number of nitrogens with zero attached hydrogens (tertiary/aromatic N) is 1. The molecule has 118 valence electrons. The van der Waals surface area contributed by atoms with Crippen LogP contribution >= 0.6 is 28.3 Å². The highest BCUT2D eigenvalue weighted by atomic mass is 79.9. The van der Waals surface area contributed by atoms with Crippen molar-refractivity contribution in [1.29, 1.82) is 0 Å². The third-order valence-corrected chi connectivity index (χ3v) is 3.09. The molecule has 0 spiro atoms. The van der Waals surface area contributed by atoms with Crippen molar-refractivity contribution in [3.8, 4) is 5.75 Å². The van der Waals surface area contributed by atoms with E-state index >= 15 is 0 Å². The summed E-state index contributed by atoms with van der Waals surface area (Å²) in [4.78, 5) is 24.1. The fraction of sp³-hybridized carbons (Fsp3) is 0.385. The normalized spacial score (nSPS) is 9.48. The molecule has 0 aliphatic carbocycles. The lowest BCUT2D eigenvalue weighted by Gasteiger charge is -2.17. The van der Waals surface area contributed by atoms with Crippen LogP contribution in [-0.2, 0) is 9.59 Å². The Morgan fingerprint density at radius 2 is 1.95 bits per heavy atom.